The van der Waals surface area contributed by atoms with Gasteiger partial charge in [-0.1, -0.05) is 30.3 Å². The molecule has 0 saturated carbocycles. The molecule has 144 valence electrons. The summed E-state index contributed by atoms with van der Waals surface area (Å²) in [6.07, 6.45) is 2.96. The Labute approximate surface area is 161 Å². The van der Waals surface area contributed by atoms with Crippen LogP contribution in [-0.4, -0.2) is 61.6 Å². The lowest BCUT2D eigenvalue weighted by atomic mass is 10.0. The number of morpholine rings is 1. The van der Waals surface area contributed by atoms with E-state index in [2.05, 4.69) is 22.8 Å². The molecule has 2 fully saturated rings. The van der Waals surface area contributed by atoms with Crippen LogP contribution >= 0.6 is 12.4 Å². The smallest absolute Gasteiger partial charge is 0.239 e. The van der Waals surface area contributed by atoms with Crippen LogP contribution in [0.5, 0.6) is 0 Å². The topological polar surface area (TPSA) is 70.7 Å². The number of hydrogen-bond donors (Lipinski definition) is 2. The molecule has 0 aliphatic carbocycles. The number of ether oxygens (including phenoxy) is 1. The van der Waals surface area contributed by atoms with Crippen molar-refractivity contribution in [1.82, 2.24) is 15.5 Å². The number of carbonyl (C=O) groups excluding carboxylic acids is 2. The summed E-state index contributed by atoms with van der Waals surface area (Å²) < 4.78 is 5.33. The fourth-order valence-electron chi connectivity index (χ4n) is 3.36. The van der Waals surface area contributed by atoms with Crippen LogP contribution in [0.4, 0.5) is 0 Å². The number of hydrogen-bond acceptors (Lipinski definition) is 4. The number of piperidine rings is 1. The number of carbonyl (C=O) groups is 2. The minimum absolute atomic E-state index is 0. The van der Waals surface area contributed by atoms with Crippen LogP contribution in [0.1, 0.15) is 24.8 Å². The summed E-state index contributed by atoms with van der Waals surface area (Å²) in [7, 11) is 0. The summed E-state index contributed by atoms with van der Waals surface area (Å²) in [4.78, 5) is 26.5. The molecule has 1 atom stereocenters. The van der Waals surface area contributed by atoms with Gasteiger partial charge < -0.3 is 20.3 Å². The Kier molecular flexibility index (Phi) is 8.35. The Morgan fingerprint density at radius 3 is 2.58 bits per heavy atom. The number of amides is 2. The van der Waals surface area contributed by atoms with E-state index in [4.69, 9.17) is 4.74 Å². The molecular weight excluding hydrogens is 354 g/mol. The maximum atomic E-state index is 12.4. The third-order valence-corrected chi connectivity index (χ3v) is 4.90. The highest BCUT2D eigenvalue weighted by molar-refractivity contribution is 5.85. The normalized spacial score (nSPS) is 20.9. The zero-order valence-electron chi connectivity index (χ0n) is 15.0. The second kappa shape index (κ2) is 10.5. The Morgan fingerprint density at radius 1 is 1.19 bits per heavy atom. The van der Waals surface area contributed by atoms with Gasteiger partial charge in [0, 0.05) is 32.1 Å². The number of benzene rings is 1. The van der Waals surface area contributed by atoms with Gasteiger partial charge in [-0.05, 0) is 24.8 Å². The van der Waals surface area contributed by atoms with Gasteiger partial charge in [0.1, 0.15) is 6.04 Å². The molecule has 0 radical (unpaired) electrons. The maximum absolute atomic E-state index is 12.4. The van der Waals surface area contributed by atoms with E-state index >= 15 is 0 Å². The first-order valence-corrected chi connectivity index (χ1v) is 9.15. The molecule has 0 aromatic heterocycles. The fourth-order valence-corrected chi connectivity index (χ4v) is 3.36. The van der Waals surface area contributed by atoms with Crippen molar-refractivity contribution in [1.29, 1.82) is 0 Å². The molecule has 1 unspecified atom stereocenters. The predicted octanol–water partition coefficient (Wildman–Crippen LogP) is 1.14. The van der Waals surface area contributed by atoms with Crippen LogP contribution in [0.25, 0.3) is 0 Å². The summed E-state index contributed by atoms with van der Waals surface area (Å²) in [6.45, 7) is 3.24. The van der Waals surface area contributed by atoms with E-state index in [0.717, 1.165) is 19.3 Å². The largest absolute Gasteiger partial charge is 0.378 e. The zero-order chi connectivity index (χ0) is 17.5. The van der Waals surface area contributed by atoms with Crippen molar-refractivity contribution in [3.05, 3.63) is 35.9 Å². The molecule has 0 bridgehead atoms. The molecule has 0 spiro atoms. The molecule has 2 amide bonds. The van der Waals surface area contributed by atoms with Crippen LogP contribution in [0.3, 0.4) is 0 Å². The third kappa shape index (κ3) is 5.97. The van der Waals surface area contributed by atoms with Crippen LogP contribution in [0.15, 0.2) is 30.3 Å². The first kappa shape index (κ1) is 20.7. The highest BCUT2D eigenvalue weighted by Gasteiger charge is 2.27. The summed E-state index contributed by atoms with van der Waals surface area (Å²) in [5.41, 5.74) is 1.19. The van der Waals surface area contributed by atoms with Crippen molar-refractivity contribution in [3.63, 3.8) is 0 Å². The van der Waals surface area contributed by atoms with Gasteiger partial charge in [-0.15, -0.1) is 12.4 Å². The highest BCUT2D eigenvalue weighted by atomic mass is 35.5. The van der Waals surface area contributed by atoms with Crippen molar-refractivity contribution in [2.75, 3.05) is 32.8 Å². The van der Waals surface area contributed by atoms with Gasteiger partial charge in [0.25, 0.3) is 0 Å². The number of aryl methyl sites for hydroxylation is 1. The number of rotatable bonds is 5. The van der Waals surface area contributed by atoms with Gasteiger partial charge in [0.05, 0.1) is 13.2 Å². The molecule has 2 aliphatic heterocycles. The fraction of sp³-hybridized carbons (Fsp3) is 0.579. The van der Waals surface area contributed by atoms with Gasteiger partial charge >= 0.3 is 0 Å². The Bertz CT molecular complexity index is 571. The summed E-state index contributed by atoms with van der Waals surface area (Å²) in [6, 6.07) is 9.99. The molecule has 2 saturated heterocycles. The Morgan fingerprint density at radius 2 is 1.92 bits per heavy atom. The number of halogens is 1. The average Bonchev–Trinajstić information content (AvgIpc) is 2.68. The van der Waals surface area contributed by atoms with E-state index in [0.29, 0.717) is 39.3 Å². The molecule has 2 aliphatic rings. The van der Waals surface area contributed by atoms with Crippen molar-refractivity contribution in [2.24, 2.45) is 0 Å². The van der Waals surface area contributed by atoms with Gasteiger partial charge in [0.2, 0.25) is 11.8 Å². The van der Waals surface area contributed by atoms with Crippen molar-refractivity contribution in [2.45, 2.75) is 37.8 Å². The monoisotopic (exact) mass is 381 g/mol. The average molecular weight is 382 g/mol. The second-order valence-corrected chi connectivity index (χ2v) is 6.73. The first-order chi connectivity index (χ1) is 12.2. The van der Waals surface area contributed by atoms with Crippen LogP contribution in [0.2, 0.25) is 0 Å². The lowest BCUT2D eigenvalue weighted by Crippen LogP contribution is -2.55. The Balaban J connectivity index is 0.00000243. The van der Waals surface area contributed by atoms with Crippen LogP contribution in [0, 0.1) is 0 Å². The van der Waals surface area contributed by atoms with E-state index < -0.39 is 0 Å². The minimum atomic E-state index is -0.251. The molecule has 26 heavy (non-hydrogen) atoms. The molecule has 2 heterocycles. The van der Waals surface area contributed by atoms with Gasteiger partial charge in [-0.2, -0.15) is 0 Å². The van der Waals surface area contributed by atoms with E-state index in [1.54, 1.807) is 0 Å². The van der Waals surface area contributed by atoms with Crippen LogP contribution < -0.4 is 10.6 Å². The zero-order valence-corrected chi connectivity index (χ0v) is 15.8. The third-order valence-electron chi connectivity index (χ3n) is 4.90. The number of nitrogens with one attached hydrogen (secondary N) is 2. The minimum Gasteiger partial charge on any atom is -0.378 e. The van der Waals surface area contributed by atoms with Gasteiger partial charge in [-0.25, -0.2) is 0 Å². The molecule has 1 aromatic carbocycles. The van der Waals surface area contributed by atoms with E-state index in [-0.39, 0.29) is 36.3 Å². The standard InChI is InChI=1S/C19H27N3O3.ClH/c23-18(7-6-15-4-2-1-3-5-15)22-11-8-16(9-12-22)21-19(24)17-14-25-13-10-20-17;/h1-5,16-17,20H,6-14H2,(H,21,24);1H. The van der Waals surface area contributed by atoms with Crippen LogP contribution in [-0.2, 0) is 20.7 Å². The van der Waals surface area contributed by atoms with E-state index in [9.17, 15) is 9.59 Å². The number of likely N-dealkylation sites (tertiary alicyclic amines) is 1. The van der Waals surface area contributed by atoms with Crippen molar-refractivity contribution < 1.29 is 14.3 Å². The summed E-state index contributed by atoms with van der Waals surface area (Å²) >= 11 is 0. The second-order valence-electron chi connectivity index (χ2n) is 6.73. The summed E-state index contributed by atoms with van der Waals surface area (Å²) in [5.74, 6) is 0.213. The maximum Gasteiger partial charge on any atom is 0.239 e. The predicted molar refractivity (Wildman–Crippen MR) is 102 cm³/mol. The first-order valence-electron chi connectivity index (χ1n) is 9.15. The molecule has 3 rings (SSSR count). The molecule has 6 nitrogen and oxygen atoms in total. The highest BCUT2D eigenvalue weighted by Crippen LogP contribution is 2.13. The lowest BCUT2D eigenvalue weighted by molar-refractivity contribution is -0.132. The van der Waals surface area contributed by atoms with Crippen molar-refractivity contribution in [3.8, 4) is 0 Å². The van der Waals surface area contributed by atoms with Gasteiger partial charge in [-0.3, -0.25) is 9.59 Å². The van der Waals surface area contributed by atoms with Gasteiger partial charge in [0.15, 0.2) is 0 Å². The molecule has 7 heteroatoms. The molecule has 1 aromatic rings. The molecule has 2 N–H and O–H groups in total. The Hall–Kier alpha value is -1.63. The summed E-state index contributed by atoms with van der Waals surface area (Å²) in [5, 5.41) is 6.25. The van der Waals surface area contributed by atoms with E-state index in [1.165, 1.54) is 5.56 Å². The SMILES string of the molecule is Cl.O=C(NC1CCN(C(=O)CCc2ccccc2)CC1)C1COCCN1. The number of nitrogens with zero attached hydrogens (tertiary/aromatic N) is 1. The van der Waals surface area contributed by atoms with E-state index in [1.807, 2.05) is 23.1 Å². The van der Waals surface area contributed by atoms with Crippen molar-refractivity contribution >= 4 is 24.2 Å². The molecular formula is C19H28ClN3O3. The lowest BCUT2D eigenvalue weighted by Gasteiger charge is -2.33. The quantitative estimate of drug-likeness (QED) is 0.802.